The molecule has 1 N–H and O–H groups in total. The average Bonchev–Trinajstić information content (AvgIpc) is 3.51. The lowest BCUT2D eigenvalue weighted by molar-refractivity contribution is -0.159. The molecular formula is C31H40BrFN4O6S2Si. The van der Waals surface area contributed by atoms with Crippen molar-refractivity contribution in [2.45, 2.75) is 69.6 Å². The first-order chi connectivity index (χ1) is 21.5. The highest BCUT2D eigenvalue weighted by Crippen LogP contribution is 2.48. The number of sulfonamides is 1. The molecule has 1 saturated heterocycles. The van der Waals surface area contributed by atoms with Gasteiger partial charge in [0.05, 0.1) is 27.3 Å². The van der Waals surface area contributed by atoms with Crippen LogP contribution in [-0.4, -0.2) is 85.6 Å². The van der Waals surface area contributed by atoms with E-state index in [9.17, 15) is 27.5 Å². The van der Waals surface area contributed by atoms with Gasteiger partial charge in [-0.2, -0.15) is 0 Å². The Morgan fingerprint density at radius 1 is 1.22 bits per heavy atom. The molecule has 250 valence electrons. The summed E-state index contributed by atoms with van der Waals surface area (Å²) < 4.78 is 49.1. The number of ether oxygens (including phenoxy) is 1. The van der Waals surface area contributed by atoms with Crippen LogP contribution in [0.2, 0.25) is 25.7 Å². The lowest BCUT2D eigenvalue weighted by Crippen LogP contribution is -2.54. The van der Waals surface area contributed by atoms with Gasteiger partial charge in [-0.3, -0.25) is 9.79 Å². The highest BCUT2D eigenvalue weighted by atomic mass is 79.9. The van der Waals surface area contributed by atoms with E-state index in [1.807, 2.05) is 0 Å². The lowest BCUT2D eigenvalue weighted by Gasteiger charge is -2.45. The van der Waals surface area contributed by atoms with Crippen molar-refractivity contribution in [3.05, 3.63) is 61.9 Å². The highest BCUT2D eigenvalue weighted by molar-refractivity contribution is 9.10. The molecule has 1 atom stereocenters. The predicted octanol–water partition coefficient (Wildman–Crippen LogP) is 5.91. The number of carbonyl (C=O) groups is 2. The Bertz CT molecular complexity index is 1660. The number of allylic oxidation sites excluding steroid dienone is 1. The van der Waals surface area contributed by atoms with Crippen LogP contribution < -0.4 is 0 Å². The maximum atomic E-state index is 14.6. The number of halogens is 2. The van der Waals surface area contributed by atoms with Crippen molar-refractivity contribution in [1.82, 2.24) is 14.2 Å². The first kappa shape index (κ1) is 34.9. The first-order valence-corrected chi connectivity index (χ1v) is 22.2. The Morgan fingerprint density at radius 3 is 2.48 bits per heavy atom. The van der Waals surface area contributed by atoms with Gasteiger partial charge in [0.25, 0.3) is 0 Å². The lowest BCUT2D eigenvalue weighted by atomic mass is 9.70. The Morgan fingerprint density at radius 2 is 1.89 bits per heavy atom. The van der Waals surface area contributed by atoms with Gasteiger partial charge in [-0.05, 0) is 66.2 Å². The molecule has 0 bridgehead atoms. The number of piperidine rings is 1. The Hall–Kier alpha value is -2.46. The monoisotopic (exact) mass is 754 g/mol. The van der Waals surface area contributed by atoms with Gasteiger partial charge >= 0.3 is 11.9 Å². The number of hydrogen-bond acceptors (Lipinski definition) is 9. The molecule has 1 aliphatic carbocycles. The van der Waals surface area contributed by atoms with E-state index in [0.717, 1.165) is 6.04 Å². The van der Waals surface area contributed by atoms with Gasteiger partial charge in [0.15, 0.2) is 10.8 Å². The molecule has 10 nitrogen and oxygen atoms in total. The van der Waals surface area contributed by atoms with Crippen molar-refractivity contribution in [2.75, 3.05) is 26.7 Å². The Balaban J connectivity index is 1.35. The minimum atomic E-state index is -3.68. The van der Waals surface area contributed by atoms with Crippen LogP contribution in [0.4, 0.5) is 4.39 Å². The second-order valence-electron chi connectivity index (χ2n) is 13.8. The summed E-state index contributed by atoms with van der Waals surface area (Å²) in [5, 5.41) is 12.3. The van der Waals surface area contributed by atoms with Gasteiger partial charge in [0.2, 0.25) is 10.0 Å². The number of amidine groups is 1. The van der Waals surface area contributed by atoms with Gasteiger partial charge in [0.1, 0.15) is 11.9 Å². The van der Waals surface area contributed by atoms with Crippen molar-refractivity contribution in [2.24, 2.45) is 16.3 Å². The topological polar surface area (TPSA) is 129 Å². The number of esters is 1. The number of thiazole rings is 1. The number of carboxylic acid groups (broad SMARTS) is 1. The number of aromatic nitrogens is 1. The van der Waals surface area contributed by atoms with E-state index < -0.39 is 46.6 Å². The molecule has 46 heavy (non-hydrogen) atoms. The Kier molecular flexibility index (Phi) is 10.0. The third-order valence-electron chi connectivity index (χ3n) is 9.17. The smallest absolute Gasteiger partial charge is 0.335 e. The number of nitrogens with zero attached hydrogens (tertiary/aromatic N) is 4. The second-order valence-corrected chi connectivity index (χ2v) is 23.3. The number of aliphatic carboxylic acids is 1. The summed E-state index contributed by atoms with van der Waals surface area (Å²) in [6.45, 7) is 9.18. The van der Waals surface area contributed by atoms with Crippen molar-refractivity contribution in [3.63, 3.8) is 0 Å². The van der Waals surface area contributed by atoms with Crippen LogP contribution in [0, 0.1) is 17.2 Å². The van der Waals surface area contributed by atoms with Gasteiger partial charge in [-0.15, -0.1) is 11.3 Å². The molecule has 0 amide bonds. The van der Waals surface area contributed by atoms with Crippen molar-refractivity contribution < 1.29 is 32.2 Å². The second kappa shape index (κ2) is 13.2. The fourth-order valence-corrected chi connectivity index (χ4v) is 10.6. The van der Waals surface area contributed by atoms with E-state index in [1.54, 1.807) is 36.5 Å². The highest BCUT2D eigenvalue weighted by Gasteiger charge is 2.54. The molecule has 3 heterocycles. The number of aliphatic imine (C=N–C) groups is 1. The van der Waals surface area contributed by atoms with Crippen molar-refractivity contribution >= 4 is 63.1 Å². The predicted molar refractivity (Wildman–Crippen MR) is 181 cm³/mol. The minimum Gasteiger partial charge on any atom is -0.478 e. The van der Waals surface area contributed by atoms with Crippen LogP contribution in [0.1, 0.15) is 49.2 Å². The number of hydrogen-bond donors (Lipinski definition) is 1. The van der Waals surface area contributed by atoms with E-state index in [2.05, 4.69) is 40.6 Å². The van der Waals surface area contributed by atoms with Crippen molar-refractivity contribution in [1.29, 1.82) is 0 Å². The molecule has 0 spiro atoms. The van der Waals surface area contributed by atoms with E-state index >= 15 is 0 Å². The van der Waals surface area contributed by atoms with E-state index in [0.29, 0.717) is 41.6 Å². The van der Waals surface area contributed by atoms with Crippen LogP contribution in [0.15, 0.2) is 50.5 Å². The molecule has 15 heteroatoms. The molecule has 2 aliphatic heterocycles. The number of rotatable bonds is 10. The molecule has 5 rings (SSSR count). The average molecular weight is 756 g/mol. The molecule has 1 saturated carbocycles. The standard InChI is InChI=1S/C31H40BrFN4O6S2Si/c1-31(30(40)43-14-16-46(3,4)5)17-20(18-31)45(41,42)37-12-9-19(10-13-37)26-23(29(38)39)25(21-7-6-8-22(33)24(21)32)35-27(36(26)2)28-34-11-15-44-28/h6-8,11,15,19-20,25H,9-10,12-14,16-18H2,1-5H3,(H,38,39). The number of carbonyl (C=O) groups excluding carboxylic acids is 1. The Labute approximate surface area is 282 Å². The van der Waals surface area contributed by atoms with Crippen LogP contribution >= 0.6 is 27.3 Å². The van der Waals surface area contributed by atoms with E-state index in [1.165, 1.54) is 27.8 Å². The van der Waals surface area contributed by atoms with E-state index in [4.69, 9.17) is 9.73 Å². The fraction of sp³-hybridized carbons (Fsp3) is 0.548. The summed E-state index contributed by atoms with van der Waals surface area (Å²) in [5.41, 5.74) is 0.109. The van der Waals surface area contributed by atoms with Crippen LogP contribution in [0.25, 0.3) is 0 Å². The summed E-state index contributed by atoms with van der Waals surface area (Å²) in [6.07, 6.45) is 2.86. The number of carboxylic acids is 1. The van der Waals surface area contributed by atoms with Crippen LogP contribution in [0.5, 0.6) is 0 Å². The van der Waals surface area contributed by atoms with E-state index in [-0.39, 0.29) is 47.9 Å². The third-order valence-corrected chi connectivity index (χ3v) is 14.7. The number of benzene rings is 1. The maximum absolute atomic E-state index is 14.6. The summed E-state index contributed by atoms with van der Waals surface area (Å²) in [6, 6.07) is 4.31. The zero-order valence-corrected chi connectivity index (χ0v) is 30.8. The zero-order valence-electron chi connectivity index (χ0n) is 26.6. The van der Waals surface area contributed by atoms with Gasteiger partial charge in [0, 0.05) is 51.4 Å². The minimum absolute atomic E-state index is 0.0258. The molecule has 1 aromatic heterocycles. The van der Waals surface area contributed by atoms with Gasteiger partial charge in [-0.1, -0.05) is 31.8 Å². The third kappa shape index (κ3) is 6.89. The molecular weight excluding hydrogens is 715 g/mol. The summed E-state index contributed by atoms with van der Waals surface area (Å²) in [4.78, 5) is 36.6. The molecule has 1 unspecified atom stereocenters. The maximum Gasteiger partial charge on any atom is 0.335 e. The SMILES string of the molecule is CN1C(c2nccs2)=NC(c2cccc(F)c2Br)C(C(=O)O)=C1C1CCN(S(=O)(=O)C2CC(C)(C(=O)OCC[Si](C)(C)C)C2)CC1. The van der Waals surface area contributed by atoms with Gasteiger partial charge < -0.3 is 14.7 Å². The molecule has 3 aliphatic rings. The van der Waals surface area contributed by atoms with Crippen LogP contribution in [0.3, 0.4) is 0 Å². The molecule has 0 radical (unpaired) electrons. The first-order valence-electron chi connectivity index (χ1n) is 15.3. The molecule has 1 aromatic carbocycles. The largest absolute Gasteiger partial charge is 0.478 e. The van der Waals surface area contributed by atoms with Crippen LogP contribution in [-0.2, 0) is 24.3 Å². The normalized spacial score (nSPS) is 24.8. The quantitative estimate of drug-likeness (QED) is 0.234. The molecule has 2 fully saturated rings. The fourth-order valence-electron chi connectivity index (χ4n) is 6.46. The summed E-state index contributed by atoms with van der Waals surface area (Å²) >= 11 is 4.66. The van der Waals surface area contributed by atoms with Gasteiger partial charge in [-0.25, -0.2) is 26.9 Å². The zero-order chi connectivity index (χ0) is 33.6. The molecule has 2 aromatic rings. The van der Waals surface area contributed by atoms with Crippen molar-refractivity contribution in [3.8, 4) is 0 Å². The summed E-state index contributed by atoms with van der Waals surface area (Å²) in [5.74, 6) is -1.86. The summed E-state index contributed by atoms with van der Waals surface area (Å²) in [7, 11) is -3.29.